The summed E-state index contributed by atoms with van der Waals surface area (Å²) in [6.45, 7) is 0.811. The van der Waals surface area contributed by atoms with Crippen molar-refractivity contribution in [2.75, 3.05) is 0 Å². The van der Waals surface area contributed by atoms with Gasteiger partial charge in [0.05, 0.1) is 6.54 Å². The van der Waals surface area contributed by atoms with Crippen LogP contribution in [0.25, 0.3) is 0 Å². The van der Waals surface area contributed by atoms with Gasteiger partial charge in [0, 0.05) is 6.04 Å². The van der Waals surface area contributed by atoms with E-state index in [0.717, 1.165) is 4.57 Å². The van der Waals surface area contributed by atoms with E-state index in [1.54, 1.807) is 0 Å². The number of nitrogens with zero attached hydrogens (tertiary/aromatic N) is 2. The first-order chi connectivity index (χ1) is 10.9. The highest BCUT2D eigenvalue weighted by molar-refractivity contribution is 7.83. The molecule has 1 heterocycles. The molecule has 25 heavy (non-hydrogen) atoms. The Morgan fingerprint density at radius 2 is 1.32 bits per heavy atom. The molecule has 2 nitrogen and oxygen atoms in total. The van der Waals surface area contributed by atoms with Crippen molar-refractivity contribution in [1.29, 1.82) is 0 Å². The molecule has 0 saturated carbocycles. The van der Waals surface area contributed by atoms with Crippen molar-refractivity contribution in [3.63, 3.8) is 0 Å². The molecule has 146 valence electrons. The predicted molar refractivity (Wildman–Crippen MR) is 79.0 cm³/mol. The SMILES string of the molecule is CC(C)n1c(S)c(S)n(CC(F)(F)C(F)(F)C(F)(F)C(F)(F)F)c1=S. The lowest BCUT2D eigenvalue weighted by Gasteiger charge is -2.33. The van der Waals surface area contributed by atoms with Crippen LogP contribution in [-0.4, -0.2) is 33.1 Å². The van der Waals surface area contributed by atoms with Crippen LogP contribution in [0.5, 0.6) is 0 Å². The van der Waals surface area contributed by atoms with Gasteiger partial charge in [0.15, 0.2) is 4.77 Å². The molecule has 0 N–H and O–H groups in total. The van der Waals surface area contributed by atoms with Gasteiger partial charge in [-0.15, -0.1) is 25.3 Å². The van der Waals surface area contributed by atoms with E-state index in [-0.39, 0.29) is 9.59 Å². The molecular formula is C11H11F9N2S3. The molecule has 0 atom stereocenters. The van der Waals surface area contributed by atoms with Gasteiger partial charge >= 0.3 is 23.9 Å². The number of thiol groups is 2. The van der Waals surface area contributed by atoms with Crippen LogP contribution in [0.2, 0.25) is 0 Å². The van der Waals surface area contributed by atoms with Gasteiger partial charge in [0.1, 0.15) is 10.1 Å². The average molecular weight is 438 g/mol. The van der Waals surface area contributed by atoms with Gasteiger partial charge in [-0.1, -0.05) is 0 Å². The standard InChI is InChI=1S/C11H11F9N2S3/c1-4(2)22-6(24)5(23)21(7(22)25)3-8(12,13)9(14,15)10(16,17)11(18,19)20/h4,23-24H,3H2,1-2H3. The Kier molecular flexibility index (Phi) is 5.94. The molecule has 0 aliphatic rings. The maximum absolute atomic E-state index is 13.8. The first-order valence-electron chi connectivity index (χ1n) is 6.33. The van der Waals surface area contributed by atoms with Crippen LogP contribution in [-0.2, 0) is 6.54 Å². The summed E-state index contributed by atoms with van der Waals surface area (Å²) in [5.41, 5.74) is 0. The van der Waals surface area contributed by atoms with E-state index in [1.807, 2.05) is 0 Å². The van der Waals surface area contributed by atoms with Gasteiger partial charge in [-0.3, -0.25) is 0 Å². The lowest BCUT2D eigenvalue weighted by Crippen LogP contribution is -2.62. The molecule has 0 fully saturated rings. The smallest absolute Gasteiger partial charge is 0.309 e. The molecule has 1 aromatic rings. The molecule has 0 amide bonds. The molecule has 0 aliphatic carbocycles. The Balaban J connectivity index is 3.45. The van der Waals surface area contributed by atoms with Crippen LogP contribution in [0.1, 0.15) is 19.9 Å². The highest BCUT2D eigenvalue weighted by Gasteiger charge is 2.81. The van der Waals surface area contributed by atoms with Crippen molar-refractivity contribution in [2.24, 2.45) is 0 Å². The molecule has 0 radical (unpaired) electrons. The van der Waals surface area contributed by atoms with Crippen LogP contribution in [0.4, 0.5) is 39.5 Å². The topological polar surface area (TPSA) is 9.86 Å². The Hall–Kier alpha value is -0.500. The van der Waals surface area contributed by atoms with Gasteiger partial charge in [-0.25, -0.2) is 0 Å². The Bertz CT molecular complexity index is 703. The lowest BCUT2D eigenvalue weighted by molar-refractivity contribution is -0.397. The number of hydrogen-bond donors (Lipinski definition) is 2. The van der Waals surface area contributed by atoms with Crippen molar-refractivity contribution >= 4 is 37.5 Å². The minimum atomic E-state index is -6.95. The Morgan fingerprint density at radius 3 is 1.64 bits per heavy atom. The first-order valence-corrected chi connectivity index (χ1v) is 7.63. The molecule has 0 spiro atoms. The van der Waals surface area contributed by atoms with E-state index in [2.05, 4.69) is 25.3 Å². The largest absolute Gasteiger partial charge is 0.460 e. The third-order valence-electron chi connectivity index (χ3n) is 3.20. The van der Waals surface area contributed by atoms with Crippen molar-refractivity contribution in [3.8, 4) is 0 Å². The summed E-state index contributed by atoms with van der Waals surface area (Å²) in [5, 5.41) is -0.613. The maximum Gasteiger partial charge on any atom is 0.460 e. The Morgan fingerprint density at radius 1 is 0.880 bits per heavy atom. The van der Waals surface area contributed by atoms with E-state index in [9.17, 15) is 39.5 Å². The zero-order valence-electron chi connectivity index (χ0n) is 12.4. The van der Waals surface area contributed by atoms with Gasteiger partial charge in [-0.2, -0.15) is 39.5 Å². The van der Waals surface area contributed by atoms with Crippen LogP contribution in [0, 0.1) is 4.77 Å². The van der Waals surface area contributed by atoms with Gasteiger partial charge in [-0.05, 0) is 26.1 Å². The fourth-order valence-electron chi connectivity index (χ4n) is 1.85. The molecule has 0 unspecified atom stereocenters. The number of halogens is 9. The molecule has 0 bridgehead atoms. The summed E-state index contributed by atoms with van der Waals surface area (Å²) in [4.78, 5) is 0. The van der Waals surface area contributed by atoms with E-state index in [1.165, 1.54) is 13.8 Å². The van der Waals surface area contributed by atoms with Crippen molar-refractivity contribution in [3.05, 3.63) is 4.77 Å². The fraction of sp³-hybridized carbons (Fsp3) is 0.727. The minimum absolute atomic E-state index is 0.134. The average Bonchev–Trinajstić information content (AvgIpc) is 2.60. The van der Waals surface area contributed by atoms with E-state index in [4.69, 9.17) is 12.2 Å². The normalized spacial score (nSPS) is 14.5. The van der Waals surface area contributed by atoms with E-state index in [0.29, 0.717) is 0 Å². The third kappa shape index (κ3) is 3.53. The zero-order valence-corrected chi connectivity index (χ0v) is 15.0. The highest BCUT2D eigenvalue weighted by atomic mass is 32.1. The summed E-state index contributed by atoms with van der Waals surface area (Å²) < 4.78 is 117. The van der Waals surface area contributed by atoms with Crippen molar-refractivity contribution in [1.82, 2.24) is 9.13 Å². The number of alkyl halides is 9. The minimum Gasteiger partial charge on any atom is -0.309 e. The second-order valence-electron chi connectivity index (χ2n) is 5.33. The monoisotopic (exact) mass is 438 g/mol. The van der Waals surface area contributed by atoms with Crippen molar-refractivity contribution in [2.45, 2.75) is 60.4 Å². The van der Waals surface area contributed by atoms with Crippen LogP contribution in [0.3, 0.4) is 0 Å². The second-order valence-corrected chi connectivity index (χ2v) is 6.54. The van der Waals surface area contributed by atoms with Gasteiger partial charge in [0.25, 0.3) is 0 Å². The number of hydrogen-bond acceptors (Lipinski definition) is 3. The number of rotatable bonds is 5. The van der Waals surface area contributed by atoms with Gasteiger partial charge in [0.2, 0.25) is 0 Å². The molecule has 1 rings (SSSR count). The van der Waals surface area contributed by atoms with Gasteiger partial charge < -0.3 is 9.13 Å². The lowest BCUT2D eigenvalue weighted by atomic mass is 10.0. The summed E-state index contributed by atoms with van der Waals surface area (Å²) in [6, 6.07) is -0.488. The van der Waals surface area contributed by atoms with Crippen LogP contribution >= 0.6 is 37.5 Å². The number of imidazole rings is 1. The summed E-state index contributed by atoms with van der Waals surface area (Å²) >= 11 is 12.4. The number of aromatic nitrogens is 2. The third-order valence-corrected chi connectivity index (χ3v) is 4.68. The van der Waals surface area contributed by atoms with E-state index >= 15 is 0 Å². The quantitative estimate of drug-likeness (QED) is 0.344. The van der Waals surface area contributed by atoms with Crippen LogP contribution < -0.4 is 0 Å². The predicted octanol–water partition coefficient (Wildman–Crippen LogP) is 5.65. The summed E-state index contributed by atoms with van der Waals surface area (Å²) in [7, 11) is 0. The highest BCUT2D eigenvalue weighted by Crippen LogP contribution is 2.53. The fourth-order valence-corrected chi connectivity index (χ4v) is 3.17. The second kappa shape index (κ2) is 6.59. The van der Waals surface area contributed by atoms with Crippen molar-refractivity contribution < 1.29 is 39.5 Å². The summed E-state index contributed by atoms with van der Waals surface area (Å²) in [6.07, 6.45) is -6.87. The zero-order chi connectivity index (χ0) is 20.2. The summed E-state index contributed by atoms with van der Waals surface area (Å²) in [5.74, 6) is -19.5. The molecule has 14 heteroatoms. The molecule has 0 saturated heterocycles. The Labute approximate surface area is 151 Å². The maximum atomic E-state index is 13.8. The molecule has 0 aliphatic heterocycles. The molecular weight excluding hydrogens is 427 g/mol. The van der Waals surface area contributed by atoms with Crippen LogP contribution in [0.15, 0.2) is 10.1 Å². The molecule has 1 aromatic heterocycles. The molecule has 0 aromatic carbocycles. The first kappa shape index (κ1) is 22.5. The van der Waals surface area contributed by atoms with E-state index < -0.39 is 46.3 Å².